The zero-order valence-corrected chi connectivity index (χ0v) is 15.8. The minimum Gasteiger partial charge on any atom is -0.392 e. The maximum atomic E-state index is 14.4. The first-order chi connectivity index (χ1) is 15.0. The molecule has 0 atom stereocenters. The molecule has 0 aliphatic heterocycles. The van der Waals surface area contributed by atoms with Crippen LogP contribution in [0, 0.1) is 17.5 Å². The summed E-state index contributed by atoms with van der Waals surface area (Å²) in [6.07, 6.45) is 3.02. The van der Waals surface area contributed by atoms with Crippen LogP contribution in [-0.2, 0) is 0 Å². The molecule has 0 unspecified atom stereocenters. The van der Waals surface area contributed by atoms with Crippen LogP contribution in [0.5, 0.6) is 0 Å². The van der Waals surface area contributed by atoms with E-state index < -0.39 is 17.5 Å². The Morgan fingerprint density at radius 1 is 0.903 bits per heavy atom. The summed E-state index contributed by atoms with van der Waals surface area (Å²) in [4.78, 5) is 8.11. The lowest BCUT2D eigenvalue weighted by Crippen LogP contribution is -2.32. The largest absolute Gasteiger partial charge is 0.392 e. The first-order valence-electron chi connectivity index (χ1n) is 8.94. The Morgan fingerprint density at radius 2 is 1.65 bits per heavy atom. The second kappa shape index (κ2) is 8.28. The van der Waals surface area contributed by atoms with E-state index in [1.54, 1.807) is 18.2 Å². The fraction of sp³-hybridized carbons (Fsp3) is 0. The molecule has 10 heteroatoms. The van der Waals surface area contributed by atoms with Crippen molar-refractivity contribution >= 4 is 17.1 Å². The van der Waals surface area contributed by atoms with Crippen LogP contribution in [0.2, 0.25) is 0 Å². The van der Waals surface area contributed by atoms with E-state index in [2.05, 4.69) is 15.1 Å². The minimum atomic E-state index is -1.06. The Morgan fingerprint density at radius 3 is 2.35 bits per heavy atom. The van der Waals surface area contributed by atoms with Crippen molar-refractivity contribution in [2.24, 2.45) is 11.6 Å². The number of aromatic nitrogens is 3. The Kier molecular flexibility index (Phi) is 5.37. The van der Waals surface area contributed by atoms with Crippen molar-refractivity contribution in [3.05, 3.63) is 95.9 Å². The van der Waals surface area contributed by atoms with Crippen molar-refractivity contribution in [3.8, 4) is 11.4 Å². The molecule has 4 rings (SSSR count). The highest BCUT2D eigenvalue weighted by molar-refractivity contribution is 5.93. The Balaban J connectivity index is 1.82. The Bertz CT molecular complexity index is 1260. The van der Waals surface area contributed by atoms with Gasteiger partial charge in [-0.1, -0.05) is 17.3 Å². The molecule has 0 saturated heterocycles. The number of rotatable bonds is 5. The summed E-state index contributed by atoms with van der Waals surface area (Å²) in [5, 5.41) is 4.83. The number of hydrogen-bond donors (Lipinski definition) is 2. The third kappa shape index (κ3) is 3.96. The predicted molar refractivity (Wildman–Crippen MR) is 108 cm³/mol. The molecular formula is C21H15F3N6O. The number of pyridine rings is 1. The van der Waals surface area contributed by atoms with Crippen LogP contribution in [0.15, 0.2) is 71.5 Å². The van der Waals surface area contributed by atoms with E-state index in [0.717, 1.165) is 17.1 Å². The molecule has 2 aromatic carbocycles. The summed E-state index contributed by atoms with van der Waals surface area (Å²) in [6.45, 7) is 0. The van der Waals surface area contributed by atoms with Crippen molar-refractivity contribution < 1.29 is 17.7 Å². The quantitative estimate of drug-likeness (QED) is 0.371. The monoisotopic (exact) mass is 424 g/mol. The number of hydrogen-bond acceptors (Lipinski definition) is 7. The lowest BCUT2D eigenvalue weighted by atomic mass is 10.1. The van der Waals surface area contributed by atoms with Gasteiger partial charge in [0.1, 0.15) is 11.5 Å². The van der Waals surface area contributed by atoms with Crippen LogP contribution in [0.25, 0.3) is 22.8 Å². The van der Waals surface area contributed by atoms with Gasteiger partial charge in [0.25, 0.3) is 5.89 Å². The highest BCUT2D eigenvalue weighted by Gasteiger charge is 2.22. The number of nitrogens with two attached hydrogens (primary N) is 2. The van der Waals surface area contributed by atoms with E-state index in [9.17, 15) is 13.2 Å². The van der Waals surface area contributed by atoms with Crippen molar-refractivity contribution in [2.45, 2.75) is 0 Å². The molecule has 31 heavy (non-hydrogen) atoms. The zero-order valence-electron chi connectivity index (χ0n) is 15.8. The van der Waals surface area contributed by atoms with Gasteiger partial charge in [-0.05, 0) is 42.5 Å². The van der Waals surface area contributed by atoms with Gasteiger partial charge in [0.15, 0.2) is 11.6 Å². The lowest BCUT2D eigenvalue weighted by molar-refractivity contribution is 0.407. The maximum Gasteiger partial charge on any atom is 0.276 e. The average Bonchev–Trinajstić information content (AvgIpc) is 3.27. The van der Waals surface area contributed by atoms with Gasteiger partial charge in [-0.2, -0.15) is 4.98 Å². The van der Waals surface area contributed by atoms with E-state index in [1.807, 2.05) is 0 Å². The molecule has 4 N–H and O–H groups in total. The summed E-state index contributed by atoms with van der Waals surface area (Å²) in [7, 11) is 0. The van der Waals surface area contributed by atoms with E-state index in [4.69, 9.17) is 16.1 Å². The maximum absolute atomic E-state index is 14.4. The molecule has 2 aromatic heterocycles. The van der Waals surface area contributed by atoms with Crippen LogP contribution in [0.3, 0.4) is 0 Å². The van der Waals surface area contributed by atoms with Gasteiger partial charge in [0.2, 0.25) is 5.82 Å². The van der Waals surface area contributed by atoms with Crippen molar-refractivity contribution in [1.29, 1.82) is 0 Å². The zero-order chi connectivity index (χ0) is 22.0. The van der Waals surface area contributed by atoms with Gasteiger partial charge >= 0.3 is 0 Å². The fourth-order valence-corrected chi connectivity index (χ4v) is 2.89. The molecule has 0 fully saturated rings. The lowest BCUT2D eigenvalue weighted by Gasteiger charge is -2.23. The van der Waals surface area contributed by atoms with Gasteiger partial charge in [-0.25, -0.2) is 19.0 Å². The molecule has 0 radical (unpaired) electrons. The summed E-state index contributed by atoms with van der Waals surface area (Å²) in [5.41, 5.74) is 7.15. The van der Waals surface area contributed by atoms with Crippen LogP contribution in [0.4, 0.5) is 18.9 Å². The Hall–Kier alpha value is -4.18. The van der Waals surface area contributed by atoms with Gasteiger partial charge in [0.05, 0.1) is 11.4 Å². The normalized spacial score (nSPS) is 11.9. The van der Waals surface area contributed by atoms with Gasteiger partial charge < -0.3 is 10.3 Å². The first kappa shape index (κ1) is 20.1. The first-order valence-corrected chi connectivity index (χ1v) is 8.94. The SMILES string of the molecule is N/C(=C(/c1ccncc1)N(N)c1ccccc1F)c1nc(-c2ccc(F)c(F)c2)no1. The van der Waals surface area contributed by atoms with Crippen molar-refractivity contribution in [1.82, 2.24) is 15.1 Å². The average molecular weight is 424 g/mol. The van der Waals surface area contributed by atoms with Crippen LogP contribution in [-0.4, -0.2) is 15.1 Å². The van der Waals surface area contributed by atoms with Crippen molar-refractivity contribution in [3.63, 3.8) is 0 Å². The summed E-state index contributed by atoms with van der Waals surface area (Å²) >= 11 is 0. The number of halogens is 3. The molecule has 0 aliphatic rings. The van der Waals surface area contributed by atoms with Gasteiger partial charge in [-0.3, -0.25) is 9.99 Å². The summed E-state index contributed by atoms with van der Waals surface area (Å²) < 4.78 is 46.3. The van der Waals surface area contributed by atoms with Crippen LogP contribution >= 0.6 is 0 Å². The standard InChI is InChI=1S/C21H15F3N6O/c22-14-6-5-13(11-16(14)24)20-28-21(31-29-20)18(25)19(12-7-9-27-10-8-12)30(26)17-4-2-1-3-15(17)23/h1-11H,25-26H2/b19-18-. The highest BCUT2D eigenvalue weighted by Crippen LogP contribution is 2.30. The van der Waals surface area contributed by atoms with E-state index in [1.165, 1.54) is 36.7 Å². The summed E-state index contributed by atoms with van der Waals surface area (Å²) in [5.74, 6) is 3.43. The molecule has 2 heterocycles. The fourth-order valence-electron chi connectivity index (χ4n) is 2.89. The number of para-hydroxylation sites is 1. The molecule has 156 valence electrons. The van der Waals surface area contributed by atoms with Crippen molar-refractivity contribution in [2.75, 3.05) is 5.01 Å². The molecule has 0 aliphatic carbocycles. The second-order valence-corrected chi connectivity index (χ2v) is 6.37. The van der Waals surface area contributed by atoms with Crippen LogP contribution in [0.1, 0.15) is 11.5 Å². The van der Waals surface area contributed by atoms with E-state index in [-0.39, 0.29) is 34.4 Å². The third-order valence-corrected chi connectivity index (χ3v) is 4.40. The van der Waals surface area contributed by atoms with Crippen LogP contribution < -0.4 is 16.6 Å². The molecule has 4 aromatic rings. The number of benzene rings is 2. The highest BCUT2D eigenvalue weighted by atomic mass is 19.2. The van der Waals surface area contributed by atoms with Gasteiger partial charge in [0, 0.05) is 23.5 Å². The molecular weight excluding hydrogens is 409 g/mol. The number of hydrazine groups is 1. The molecule has 0 saturated carbocycles. The smallest absolute Gasteiger partial charge is 0.276 e. The topological polar surface area (TPSA) is 107 Å². The van der Waals surface area contributed by atoms with E-state index in [0.29, 0.717) is 5.56 Å². The molecule has 0 amide bonds. The molecule has 7 nitrogen and oxygen atoms in total. The number of anilines is 1. The van der Waals surface area contributed by atoms with E-state index >= 15 is 0 Å². The predicted octanol–water partition coefficient (Wildman–Crippen LogP) is 3.71. The Labute approximate surface area is 174 Å². The second-order valence-electron chi connectivity index (χ2n) is 6.37. The van der Waals surface area contributed by atoms with Gasteiger partial charge in [-0.15, -0.1) is 0 Å². The molecule has 0 spiro atoms. The third-order valence-electron chi connectivity index (χ3n) is 4.40. The number of nitrogens with zero attached hydrogens (tertiary/aromatic N) is 4. The minimum absolute atomic E-state index is 0.0135. The molecule has 0 bridgehead atoms. The summed E-state index contributed by atoms with van der Waals surface area (Å²) in [6, 6.07) is 12.3.